The van der Waals surface area contributed by atoms with Gasteiger partial charge in [0.1, 0.15) is 6.54 Å². The van der Waals surface area contributed by atoms with E-state index in [1.807, 2.05) is 12.1 Å². The number of anilines is 1. The van der Waals surface area contributed by atoms with Gasteiger partial charge in [-0.2, -0.15) is 23.4 Å². The van der Waals surface area contributed by atoms with Crippen molar-refractivity contribution in [3.8, 4) is 0 Å². The van der Waals surface area contributed by atoms with Gasteiger partial charge >= 0.3 is 6.18 Å². The molecule has 0 saturated carbocycles. The van der Waals surface area contributed by atoms with Gasteiger partial charge in [-0.15, -0.1) is 0 Å². The summed E-state index contributed by atoms with van der Waals surface area (Å²) in [5.41, 5.74) is 1.33. The molecule has 1 aliphatic carbocycles. The first-order valence-electron chi connectivity index (χ1n) is 10.0. The number of amides is 1. The van der Waals surface area contributed by atoms with E-state index in [0.717, 1.165) is 18.4 Å². The summed E-state index contributed by atoms with van der Waals surface area (Å²) in [6.45, 7) is 0.218. The molecule has 0 bridgehead atoms. The van der Waals surface area contributed by atoms with Gasteiger partial charge in [-0.25, -0.2) is 0 Å². The normalized spacial score (nSPS) is 14.2. The Balaban J connectivity index is 1.45. The van der Waals surface area contributed by atoms with Crippen LogP contribution in [0.2, 0.25) is 5.02 Å². The summed E-state index contributed by atoms with van der Waals surface area (Å²) >= 11 is 5.88. The molecule has 0 unspecified atom stereocenters. The lowest BCUT2D eigenvalue weighted by atomic mass is 10.1. The zero-order chi connectivity index (χ0) is 22.0. The molecule has 0 saturated heterocycles. The minimum absolute atomic E-state index is 0.230. The van der Waals surface area contributed by atoms with Crippen LogP contribution in [-0.4, -0.2) is 25.5 Å². The van der Waals surface area contributed by atoms with Crippen molar-refractivity contribution in [3.63, 3.8) is 0 Å². The number of nitrogens with zero attached hydrogens (tertiary/aromatic N) is 4. The van der Waals surface area contributed by atoms with Gasteiger partial charge in [0.05, 0.1) is 18.4 Å². The van der Waals surface area contributed by atoms with Gasteiger partial charge in [-0.3, -0.25) is 14.2 Å². The van der Waals surface area contributed by atoms with Crippen LogP contribution in [0.25, 0.3) is 0 Å². The van der Waals surface area contributed by atoms with Crippen LogP contribution in [-0.2, 0) is 36.9 Å². The first-order valence-corrected chi connectivity index (χ1v) is 10.4. The Morgan fingerprint density at radius 3 is 2.61 bits per heavy atom. The molecule has 2 aromatic heterocycles. The average Bonchev–Trinajstić information content (AvgIpc) is 3.19. The Labute approximate surface area is 182 Å². The Hall–Kier alpha value is -2.81. The van der Waals surface area contributed by atoms with Crippen molar-refractivity contribution in [1.82, 2.24) is 19.6 Å². The van der Waals surface area contributed by atoms with E-state index in [1.54, 1.807) is 23.0 Å². The van der Waals surface area contributed by atoms with E-state index in [2.05, 4.69) is 15.5 Å². The molecular formula is C21H21ClF3N5O. The topological polar surface area (TPSA) is 64.7 Å². The molecule has 0 radical (unpaired) electrons. The maximum Gasteiger partial charge on any atom is 0.435 e. The van der Waals surface area contributed by atoms with Crippen LogP contribution in [0.5, 0.6) is 0 Å². The highest BCUT2D eigenvalue weighted by atomic mass is 35.5. The lowest BCUT2D eigenvalue weighted by Crippen LogP contribution is -2.21. The molecule has 2 heterocycles. The summed E-state index contributed by atoms with van der Waals surface area (Å²) in [4.78, 5) is 12.5. The van der Waals surface area contributed by atoms with Gasteiger partial charge in [0.15, 0.2) is 5.69 Å². The second-order valence-corrected chi connectivity index (χ2v) is 8.03. The van der Waals surface area contributed by atoms with E-state index in [0.29, 0.717) is 42.2 Å². The van der Waals surface area contributed by atoms with Crippen LogP contribution >= 0.6 is 11.6 Å². The number of aromatic nitrogens is 4. The molecule has 4 rings (SSSR count). The molecule has 1 aromatic carbocycles. The molecule has 10 heteroatoms. The third kappa shape index (κ3) is 5.10. The Morgan fingerprint density at radius 2 is 1.87 bits per heavy atom. The minimum Gasteiger partial charge on any atom is -0.322 e. The predicted octanol–water partition coefficient (Wildman–Crippen LogP) is 4.71. The molecule has 0 fully saturated rings. The monoisotopic (exact) mass is 451 g/mol. The maximum absolute atomic E-state index is 13.4. The fourth-order valence-corrected chi connectivity index (χ4v) is 3.96. The second-order valence-electron chi connectivity index (χ2n) is 7.59. The van der Waals surface area contributed by atoms with E-state index in [4.69, 9.17) is 11.6 Å². The summed E-state index contributed by atoms with van der Waals surface area (Å²) in [6.07, 6.45) is 1.81. The lowest BCUT2D eigenvalue weighted by Gasteiger charge is -2.07. The Bertz CT molecular complexity index is 1070. The number of hydrogen-bond donors (Lipinski definition) is 1. The van der Waals surface area contributed by atoms with E-state index < -0.39 is 17.8 Å². The van der Waals surface area contributed by atoms with Gasteiger partial charge in [0.2, 0.25) is 5.91 Å². The molecule has 6 nitrogen and oxygen atoms in total. The quantitative estimate of drug-likeness (QED) is 0.571. The highest BCUT2D eigenvalue weighted by Crippen LogP contribution is 2.35. The summed E-state index contributed by atoms with van der Waals surface area (Å²) in [5.74, 6) is -0.450. The number of fused-ring (bicyclic) bond motifs is 1. The molecule has 0 spiro atoms. The number of carbonyl (C=O) groups is 1. The van der Waals surface area contributed by atoms with Gasteiger partial charge in [0, 0.05) is 22.5 Å². The summed E-state index contributed by atoms with van der Waals surface area (Å²) < 4.78 is 43.1. The van der Waals surface area contributed by atoms with Crippen molar-refractivity contribution >= 4 is 23.2 Å². The Morgan fingerprint density at radius 1 is 1.13 bits per heavy atom. The van der Waals surface area contributed by atoms with E-state index in [-0.39, 0.29) is 12.1 Å². The fraction of sp³-hybridized carbons (Fsp3) is 0.381. The van der Waals surface area contributed by atoms with Crippen molar-refractivity contribution in [2.45, 2.75) is 51.4 Å². The fourth-order valence-electron chi connectivity index (χ4n) is 3.83. The number of nitrogens with one attached hydrogen (secondary N) is 1. The van der Waals surface area contributed by atoms with Crippen LogP contribution in [0, 0.1) is 0 Å². The van der Waals surface area contributed by atoms with E-state index in [1.165, 1.54) is 10.9 Å². The minimum atomic E-state index is -4.53. The van der Waals surface area contributed by atoms with Gasteiger partial charge in [-0.05, 0) is 43.4 Å². The van der Waals surface area contributed by atoms with Crippen molar-refractivity contribution in [2.24, 2.45) is 0 Å². The SMILES string of the molecule is O=C(Cn1nc(C(F)(F)F)c2c1CCCCC2)Nc1cnn(Cc2ccc(Cl)cc2)c1. The van der Waals surface area contributed by atoms with Crippen LogP contribution in [0.15, 0.2) is 36.7 Å². The molecule has 3 aromatic rings. The molecule has 1 aliphatic rings. The second kappa shape index (κ2) is 8.74. The predicted molar refractivity (Wildman–Crippen MR) is 110 cm³/mol. The molecular weight excluding hydrogens is 431 g/mol. The standard InChI is InChI=1S/C21H21ClF3N5O/c22-15-8-6-14(7-9-15)11-29-12-16(10-26-29)27-19(31)13-30-18-5-3-1-2-4-17(18)20(28-30)21(23,24)25/h6-10,12H,1-5,11,13H2,(H,27,31). The summed E-state index contributed by atoms with van der Waals surface area (Å²) in [7, 11) is 0. The van der Waals surface area contributed by atoms with Crippen LogP contribution in [0.4, 0.5) is 18.9 Å². The first kappa shape index (κ1) is 21.4. The Kier molecular flexibility index (Phi) is 6.04. The van der Waals surface area contributed by atoms with E-state index >= 15 is 0 Å². The summed E-state index contributed by atoms with van der Waals surface area (Å²) in [5, 5.41) is 11.3. The number of carbonyl (C=O) groups excluding carboxylic acids is 1. The highest BCUT2D eigenvalue weighted by molar-refractivity contribution is 6.30. The van der Waals surface area contributed by atoms with Gasteiger partial charge < -0.3 is 5.32 Å². The largest absolute Gasteiger partial charge is 0.435 e. The first-order chi connectivity index (χ1) is 14.8. The number of alkyl halides is 3. The smallest absolute Gasteiger partial charge is 0.322 e. The molecule has 1 amide bonds. The van der Waals surface area contributed by atoms with Crippen LogP contribution < -0.4 is 5.32 Å². The number of hydrogen-bond acceptors (Lipinski definition) is 3. The number of halogens is 4. The lowest BCUT2D eigenvalue weighted by molar-refractivity contribution is -0.142. The third-order valence-corrected chi connectivity index (χ3v) is 5.50. The molecule has 0 aliphatic heterocycles. The number of rotatable bonds is 5. The molecule has 1 N–H and O–H groups in total. The average molecular weight is 452 g/mol. The van der Waals surface area contributed by atoms with Crippen LogP contribution in [0.1, 0.15) is 41.8 Å². The molecule has 31 heavy (non-hydrogen) atoms. The third-order valence-electron chi connectivity index (χ3n) is 5.24. The van der Waals surface area contributed by atoms with Gasteiger partial charge in [-0.1, -0.05) is 30.2 Å². The van der Waals surface area contributed by atoms with Crippen molar-refractivity contribution in [2.75, 3.05) is 5.32 Å². The number of benzene rings is 1. The van der Waals surface area contributed by atoms with Crippen molar-refractivity contribution in [3.05, 3.63) is 64.2 Å². The highest BCUT2D eigenvalue weighted by Gasteiger charge is 2.39. The van der Waals surface area contributed by atoms with Crippen LogP contribution in [0.3, 0.4) is 0 Å². The zero-order valence-corrected chi connectivity index (χ0v) is 17.4. The van der Waals surface area contributed by atoms with Gasteiger partial charge in [0.25, 0.3) is 0 Å². The molecule has 164 valence electrons. The van der Waals surface area contributed by atoms with E-state index in [9.17, 15) is 18.0 Å². The van der Waals surface area contributed by atoms with Crippen molar-refractivity contribution in [1.29, 1.82) is 0 Å². The summed E-state index contributed by atoms with van der Waals surface area (Å²) in [6, 6.07) is 7.32. The zero-order valence-electron chi connectivity index (χ0n) is 16.6. The molecule has 0 atom stereocenters. The maximum atomic E-state index is 13.4. The van der Waals surface area contributed by atoms with Crippen molar-refractivity contribution < 1.29 is 18.0 Å².